The average molecular weight is 260 g/mol. The Balaban J connectivity index is 1.74. The Morgan fingerprint density at radius 1 is 1.32 bits per heavy atom. The third-order valence-corrected chi connectivity index (χ3v) is 3.96. The van der Waals surface area contributed by atoms with Crippen molar-refractivity contribution in [3.05, 3.63) is 24.3 Å². The lowest BCUT2D eigenvalue weighted by atomic mass is 10.2. The molecule has 1 aromatic carbocycles. The zero-order valence-electron chi connectivity index (χ0n) is 11.3. The van der Waals surface area contributed by atoms with E-state index in [1.165, 1.54) is 0 Å². The van der Waals surface area contributed by atoms with Crippen LogP contribution in [0.4, 0.5) is 11.4 Å². The monoisotopic (exact) mass is 260 g/mol. The molecule has 2 atom stereocenters. The van der Waals surface area contributed by atoms with Gasteiger partial charge in [0, 0.05) is 19.0 Å². The Hall–Kier alpha value is -1.55. The highest BCUT2D eigenvalue weighted by atomic mass is 16.5. The summed E-state index contributed by atoms with van der Waals surface area (Å²) >= 11 is 0. The summed E-state index contributed by atoms with van der Waals surface area (Å²) in [5.41, 5.74) is 2.03. The van der Waals surface area contributed by atoms with Gasteiger partial charge in [0.1, 0.15) is 0 Å². The molecule has 1 aliphatic heterocycles. The summed E-state index contributed by atoms with van der Waals surface area (Å²) in [6, 6.07) is 8.03. The van der Waals surface area contributed by atoms with Crippen LogP contribution < -0.4 is 10.2 Å². The van der Waals surface area contributed by atoms with Crippen LogP contribution in [0.2, 0.25) is 0 Å². The van der Waals surface area contributed by atoms with Gasteiger partial charge in [-0.25, -0.2) is 0 Å². The van der Waals surface area contributed by atoms with E-state index in [2.05, 4.69) is 23.2 Å². The van der Waals surface area contributed by atoms with E-state index in [0.29, 0.717) is 5.92 Å². The van der Waals surface area contributed by atoms with Gasteiger partial charge < -0.3 is 15.0 Å². The van der Waals surface area contributed by atoms with Gasteiger partial charge in [-0.15, -0.1) is 0 Å². The Kier molecular flexibility index (Phi) is 3.42. The van der Waals surface area contributed by atoms with Crippen LogP contribution in [0.1, 0.15) is 13.3 Å². The van der Waals surface area contributed by atoms with Crippen LogP contribution in [-0.2, 0) is 9.53 Å². The summed E-state index contributed by atoms with van der Waals surface area (Å²) in [5.74, 6) is 0.904. The van der Waals surface area contributed by atoms with Gasteiger partial charge in [-0.05, 0) is 24.5 Å². The smallest absolute Gasteiger partial charge is 0.227 e. The summed E-state index contributed by atoms with van der Waals surface area (Å²) in [5, 5.41) is 3.08. The summed E-state index contributed by atoms with van der Waals surface area (Å²) in [4.78, 5) is 14.3. The van der Waals surface area contributed by atoms with E-state index in [0.717, 1.165) is 44.1 Å². The van der Waals surface area contributed by atoms with E-state index < -0.39 is 0 Å². The fourth-order valence-corrected chi connectivity index (χ4v) is 2.57. The molecule has 1 saturated carbocycles. The van der Waals surface area contributed by atoms with Crippen LogP contribution in [0.25, 0.3) is 0 Å². The second-order valence-electron chi connectivity index (χ2n) is 5.43. The Labute approximate surface area is 113 Å². The number of carbonyl (C=O) groups is 1. The first-order valence-corrected chi connectivity index (χ1v) is 6.98. The number of morpholine rings is 1. The number of carbonyl (C=O) groups excluding carboxylic acids is 1. The van der Waals surface area contributed by atoms with Crippen LogP contribution in [0.15, 0.2) is 24.3 Å². The molecule has 0 aromatic heterocycles. The van der Waals surface area contributed by atoms with Crippen LogP contribution in [0.5, 0.6) is 0 Å². The van der Waals surface area contributed by atoms with Crippen LogP contribution in [0.3, 0.4) is 0 Å². The minimum Gasteiger partial charge on any atom is -0.378 e. The summed E-state index contributed by atoms with van der Waals surface area (Å²) in [6.45, 7) is 5.39. The number of benzene rings is 1. The standard InChI is InChI=1S/C15H20N2O2/c1-11-10-12(11)15(18)16-13-4-2-3-5-14(13)17-6-8-19-9-7-17/h2-5,11-12H,6-10H2,1H3,(H,16,18). The van der Waals surface area contributed by atoms with Gasteiger partial charge >= 0.3 is 0 Å². The SMILES string of the molecule is CC1CC1C(=O)Nc1ccccc1N1CCOCC1. The second kappa shape index (κ2) is 5.21. The molecule has 19 heavy (non-hydrogen) atoms. The quantitative estimate of drug-likeness (QED) is 0.905. The first kappa shape index (κ1) is 12.5. The lowest BCUT2D eigenvalue weighted by Gasteiger charge is -2.30. The van der Waals surface area contributed by atoms with Crippen molar-refractivity contribution in [2.45, 2.75) is 13.3 Å². The molecule has 1 heterocycles. The van der Waals surface area contributed by atoms with Crippen molar-refractivity contribution in [1.29, 1.82) is 0 Å². The average Bonchev–Trinajstić information content (AvgIpc) is 3.18. The molecule has 1 aliphatic carbocycles. The van der Waals surface area contributed by atoms with Crippen LogP contribution in [-0.4, -0.2) is 32.2 Å². The highest BCUT2D eigenvalue weighted by Gasteiger charge is 2.39. The van der Waals surface area contributed by atoms with E-state index in [4.69, 9.17) is 4.74 Å². The fraction of sp³-hybridized carbons (Fsp3) is 0.533. The number of nitrogens with zero attached hydrogens (tertiary/aromatic N) is 1. The van der Waals surface area contributed by atoms with Crippen molar-refractivity contribution in [3.8, 4) is 0 Å². The molecule has 1 saturated heterocycles. The molecule has 1 amide bonds. The third kappa shape index (κ3) is 2.73. The molecule has 0 radical (unpaired) electrons. The number of rotatable bonds is 3. The number of ether oxygens (including phenoxy) is 1. The topological polar surface area (TPSA) is 41.6 Å². The fourth-order valence-electron chi connectivity index (χ4n) is 2.57. The molecule has 1 N–H and O–H groups in total. The van der Waals surface area contributed by atoms with Gasteiger partial charge in [0.25, 0.3) is 0 Å². The number of nitrogens with one attached hydrogen (secondary N) is 1. The van der Waals surface area contributed by atoms with Crippen molar-refractivity contribution >= 4 is 17.3 Å². The third-order valence-electron chi connectivity index (χ3n) is 3.96. The number of para-hydroxylation sites is 2. The van der Waals surface area contributed by atoms with E-state index in [-0.39, 0.29) is 11.8 Å². The Morgan fingerprint density at radius 3 is 2.68 bits per heavy atom. The molecule has 2 unspecified atom stereocenters. The second-order valence-corrected chi connectivity index (χ2v) is 5.43. The molecule has 3 rings (SSSR count). The molecule has 2 aliphatic rings. The summed E-state index contributed by atoms with van der Waals surface area (Å²) in [6.07, 6.45) is 1.02. The van der Waals surface area contributed by atoms with Gasteiger partial charge in [-0.3, -0.25) is 4.79 Å². The van der Waals surface area contributed by atoms with Gasteiger partial charge in [0.05, 0.1) is 24.6 Å². The van der Waals surface area contributed by atoms with Gasteiger partial charge in [-0.1, -0.05) is 19.1 Å². The molecular formula is C15H20N2O2. The highest BCUT2D eigenvalue weighted by Crippen LogP contribution is 2.39. The van der Waals surface area contributed by atoms with Crippen molar-refractivity contribution in [3.63, 3.8) is 0 Å². The normalized spacial score (nSPS) is 26.1. The molecule has 0 bridgehead atoms. The first-order chi connectivity index (χ1) is 9.25. The minimum absolute atomic E-state index is 0.160. The van der Waals surface area contributed by atoms with E-state index in [9.17, 15) is 4.79 Å². The zero-order valence-corrected chi connectivity index (χ0v) is 11.3. The van der Waals surface area contributed by atoms with Crippen molar-refractivity contribution < 1.29 is 9.53 Å². The maximum atomic E-state index is 12.1. The lowest BCUT2D eigenvalue weighted by Crippen LogP contribution is -2.36. The predicted octanol–water partition coefficient (Wildman–Crippen LogP) is 2.12. The lowest BCUT2D eigenvalue weighted by molar-refractivity contribution is -0.117. The van der Waals surface area contributed by atoms with Gasteiger partial charge in [-0.2, -0.15) is 0 Å². The zero-order chi connectivity index (χ0) is 13.2. The first-order valence-electron chi connectivity index (χ1n) is 6.98. The number of amides is 1. The number of hydrogen-bond acceptors (Lipinski definition) is 3. The van der Waals surface area contributed by atoms with Crippen LogP contribution in [0, 0.1) is 11.8 Å². The number of hydrogen-bond donors (Lipinski definition) is 1. The Morgan fingerprint density at radius 2 is 2.00 bits per heavy atom. The summed E-state index contributed by atoms with van der Waals surface area (Å²) in [7, 11) is 0. The largest absolute Gasteiger partial charge is 0.378 e. The van der Waals surface area contributed by atoms with Gasteiger partial charge in [0.15, 0.2) is 0 Å². The van der Waals surface area contributed by atoms with E-state index >= 15 is 0 Å². The highest BCUT2D eigenvalue weighted by molar-refractivity contribution is 5.97. The maximum absolute atomic E-state index is 12.1. The number of anilines is 2. The molecule has 1 aromatic rings. The maximum Gasteiger partial charge on any atom is 0.227 e. The van der Waals surface area contributed by atoms with E-state index in [1.807, 2.05) is 18.2 Å². The Bertz CT molecular complexity index is 469. The van der Waals surface area contributed by atoms with Gasteiger partial charge in [0.2, 0.25) is 5.91 Å². The minimum atomic E-state index is 0.160. The van der Waals surface area contributed by atoms with E-state index in [1.54, 1.807) is 0 Å². The molecule has 4 nitrogen and oxygen atoms in total. The molecule has 2 fully saturated rings. The molecule has 4 heteroatoms. The predicted molar refractivity (Wildman–Crippen MR) is 75.4 cm³/mol. The van der Waals surface area contributed by atoms with Crippen molar-refractivity contribution in [2.75, 3.05) is 36.5 Å². The van der Waals surface area contributed by atoms with Crippen LogP contribution >= 0.6 is 0 Å². The molecular weight excluding hydrogens is 240 g/mol. The van der Waals surface area contributed by atoms with Crippen molar-refractivity contribution in [1.82, 2.24) is 0 Å². The summed E-state index contributed by atoms with van der Waals surface area (Å²) < 4.78 is 5.38. The molecule has 102 valence electrons. The van der Waals surface area contributed by atoms with Crippen molar-refractivity contribution in [2.24, 2.45) is 11.8 Å². The molecule has 0 spiro atoms.